The van der Waals surface area contributed by atoms with Crippen LogP contribution in [0, 0.1) is 18.8 Å². The van der Waals surface area contributed by atoms with E-state index in [1.165, 1.54) is 22.5 Å². The van der Waals surface area contributed by atoms with Crippen molar-refractivity contribution < 1.29 is 0 Å². The van der Waals surface area contributed by atoms with Gasteiger partial charge in [0.2, 0.25) is 0 Å². The molecule has 0 aromatic heterocycles. The fraction of sp³-hybridized carbons (Fsp3) is 0.280. The number of fused-ring (bicyclic) bond motifs is 3. The van der Waals surface area contributed by atoms with Crippen LogP contribution in [0.5, 0.6) is 0 Å². The topological polar surface area (TPSA) is 28.0 Å². The molecule has 0 bridgehead atoms. The Balaban J connectivity index is 1.62. The van der Waals surface area contributed by atoms with Gasteiger partial charge in [-0.2, -0.15) is 0 Å². The Kier molecular flexibility index (Phi) is 4.13. The summed E-state index contributed by atoms with van der Waals surface area (Å²) in [5, 5.41) is 0. The van der Waals surface area contributed by atoms with E-state index < -0.39 is 0 Å². The quantitative estimate of drug-likeness (QED) is 0.721. The number of anilines is 1. The van der Waals surface area contributed by atoms with Crippen molar-refractivity contribution in [3.05, 3.63) is 72.1 Å². The molecule has 4 unspecified atom stereocenters. The number of nitrogens with zero attached hydrogens (tertiary/aromatic N) is 3. The molecule has 2 radical (unpaired) electrons. The predicted molar refractivity (Wildman–Crippen MR) is 124 cm³/mol. The maximum atomic E-state index is 6.00. The summed E-state index contributed by atoms with van der Waals surface area (Å²) in [6.07, 6.45) is 10.4. The molecule has 3 aliphatic rings. The van der Waals surface area contributed by atoms with Gasteiger partial charge in [0.25, 0.3) is 0 Å². The van der Waals surface area contributed by atoms with Crippen LogP contribution in [-0.4, -0.2) is 31.9 Å². The number of hydrogen-bond acceptors (Lipinski definition) is 3. The number of aryl methyl sites for hydroxylation is 1. The molecule has 4 heteroatoms. The van der Waals surface area contributed by atoms with E-state index in [1.54, 1.807) is 0 Å². The van der Waals surface area contributed by atoms with E-state index in [1.807, 2.05) is 30.6 Å². The van der Waals surface area contributed by atoms with Crippen molar-refractivity contribution in [1.82, 2.24) is 0 Å². The lowest BCUT2D eigenvalue weighted by Crippen LogP contribution is -2.45. The van der Waals surface area contributed by atoms with Gasteiger partial charge in [-0.25, -0.2) is 0 Å². The van der Waals surface area contributed by atoms with E-state index in [2.05, 4.69) is 78.3 Å². The monoisotopic (exact) mass is 377 g/mol. The third kappa shape index (κ3) is 2.73. The van der Waals surface area contributed by atoms with E-state index in [4.69, 9.17) is 7.85 Å². The van der Waals surface area contributed by atoms with Gasteiger partial charge < -0.3 is 4.90 Å². The van der Waals surface area contributed by atoms with Gasteiger partial charge in [0.15, 0.2) is 0 Å². The van der Waals surface area contributed by atoms with Crippen molar-refractivity contribution in [1.29, 1.82) is 0 Å². The molecule has 2 aromatic rings. The van der Waals surface area contributed by atoms with Crippen molar-refractivity contribution in [3.8, 4) is 11.1 Å². The molecule has 0 aliphatic carbocycles. The first-order valence-electron chi connectivity index (χ1n) is 10.2. The van der Waals surface area contributed by atoms with Crippen LogP contribution in [0.3, 0.4) is 0 Å². The molecule has 2 aromatic carbocycles. The first kappa shape index (κ1) is 18.2. The second kappa shape index (κ2) is 6.58. The predicted octanol–water partition coefficient (Wildman–Crippen LogP) is 4.22. The number of allylic oxidation sites excluding steroid dienone is 1. The summed E-state index contributed by atoms with van der Waals surface area (Å²) in [6, 6.07) is 15.1. The van der Waals surface area contributed by atoms with Crippen LogP contribution in [0.15, 0.2) is 76.5 Å². The molecule has 1 fully saturated rings. The molecule has 3 aliphatic heterocycles. The van der Waals surface area contributed by atoms with Crippen LogP contribution >= 0.6 is 0 Å². The summed E-state index contributed by atoms with van der Waals surface area (Å²) < 4.78 is 0. The minimum atomic E-state index is -0.147. The molecule has 29 heavy (non-hydrogen) atoms. The smallest absolute Gasteiger partial charge is 0.113 e. The number of aliphatic imine (C=N–C) groups is 2. The van der Waals surface area contributed by atoms with E-state index in [9.17, 15) is 0 Å². The number of dihydropyridines is 1. The third-order valence-electron chi connectivity index (χ3n) is 6.64. The summed E-state index contributed by atoms with van der Waals surface area (Å²) in [5.74, 6) is 0.646. The van der Waals surface area contributed by atoms with Crippen molar-refractivity contribution in [2.75, 3.05) is 4.90 Å². The summed E-state index contributed by atoms with van der Waals surface area (Å²) in [7, 11) is 6.00. The van der Waals surface area contributed by atoms with Gasteiger partial charge in [-0.1, -0.05) is 35.8 Å². The zero-order valence-corrected chi connectivity index (χ0v) is 17.1. The van der Waals surface area contributed by atoms with Gasteiger partial charge in [0.1, 0.15) is 7.85 Å². The molecular formula is C25H24BN3. The van der Waals surface area contributed by atoms with Crippen LogP contribution in [0.25, 0.3) is 11.1 Å². The highest BCUT2D eigenvalue weighted by molar-refractivity contribution is 6.32. The summed E-state index contributed by atoms with van der Waals surface area (Å²) in [6.45, 7) is 6.69. The highest BCUT2D eigenvalue weighted by atomic mass is 15.3. The lowest BCUT2D eigenvalue weighted by molar-refractivity contribution is 0.393. The molecule has 0 amide bonds. The Bertz CT molecular complexity index is 1100. The number of hydrogen-bond donors (Lipinski definition) is 0. The van der Waals surface area contributed by atoms with Crippen LogP contribution in [0.4, 0.5) is 5.69 Å². The average Bonchev–Trinajstić information content (AvgIpc) is 2.97. The van der Waals surface area contributed by atoms with Crippen molar-refractivity contribution in [2.45, 2.75) is 32.4 Å². The first-order valence-corrected chi connectivity index (χ1v) is 10.2. The fourth-order valence-electron chi connectivity index (χ4n) is 5.21. The van der Waals surface area contributed by atoms with Crippen LogP contribution in [-0.2, 0) is 0 Å². The molecule has 142 valence electrons. The highest BCUT2D eigenvalue weighted by Crippen LogP contribution is 2.51. The average molecular weight is 377 g/mol. The Morgan fingerprint density at radius 1 is 1.14 bits per heavy atom. The Hall–Kier alpha value is -2.88. The van der Waals surface area contributed by atoms with Gasteiger partial charge >= 0.3 is 0 Å². The molecule has 0 saturated carbocycles. The maximum absolute atomic E-state index is 6.00. The SMILES string of the molecule is [B]c1cccc(-c2ccc(N3C4=CC=NC(C)C4C4C=NC=CC43C)cc2C)c1. The Morgan fingerprint density at radius 2 is 2.00 bits per heavy atom. The zero-order valence-electron chi connectivity index (χ0n) is 17.1. The zero-order chi connectivity index (χ0) is 20.2. The Labute approximate surface area is 174 Å². The van der Waals surface area contributed by atoms with E-state index in [0.717, 1.165) is 11.0 Å². The lowest BCUT2D eigenvalue weighted by atomic mass is 9.77. The standard InChI is InChI=1S/C25H24BN3/c1-16-13-20(7-8-21(16)18-5-4-6-19(26)14-18)29-23-9-11-28-17(2)24(23)22-15-27-12-10-25(22,29)3/h4-15,17,22,24H,1-3H3. The summed E-state index contributed by atoms with van der Waals surface area (Å²) in [5.41, 5.74) is 6.78. The maximum Gasteiger partial charge on any atom is 0.113 e. The second-order valence-electron chi connectivity index (χ2n) is 8.48. The minimum absolute atomic E-state index is 0.147. The summed E-state index contributed by atoms with van der Waals surface area (Å²) in [4.78, 5) is 11.6. The van der Waals surface area contributed by atoms with Crippen molar-refractivity contribution in [3.63, 3.8) is 0 Å². The van der Waals surface area contributed by atoms with Crippen molar-refractivity contribution in [2.24, 2.45) is 21.8 Å². The minimum Gasteiger partial charge on any atom is -0.335 e. The highest BCUT2D eigenvalue weighted by Gasteiger charge is 2.54. The van der Waals surface area contributed by atoms with Gasteiger partial charge in [-0.05, 0) is 61.7 Å². The molecule has 1 saturated heterocycles. The number of rotatable bonds is 2. The van der Waals surface area contributed by atoms with Gasteiger partial charge in [0.05, 0.1) is 11.6 Å². The van der Waals surface area contributed by atoms with E-state index >= 15 is 0 Å². The van der Waals surface area contributed by atoms with Crippen LogP contribution in [0.2, 0.25) is 0 Å². The molecule has 4 atom stereocenters. The molecule has 3 nitrogen and oxygen atoms in total. The normalized spacial score (nSPS) is 29.6. The van der Waals surface area contributed by atoms with Gasteiger partial charge in [0, 0.05) is 41.8 Å². The molecular weight excluding hydrogens is 353 g/mol. The molecule has 0 N–H and O–H groups in total. The molecule has 5 rings (SSSR count). The molecule has 0 spiro atoms. The van der Waals surface area contributed by atoms with E-state index in [0.29, 0.717) is 11.8 Å². The van der Waals surface area contributed by atoms with Gasteiger partial charge in [-0.15, -0.1) is 0 Å². The fourth-order valence-corrected chi connectivity index (χ4v) is 5.21. The lowest BCUT2D eigenvalue weighted by Gasteiger charge is -2.38. The summed E-state index contributed by atoms with van der Waals surface area (Å²) >= 11 is 0. The third-order valence-corrected chi connectivity index (χ3v) is 6.64. The van der Waals surface area contributed by atoms with Crippen LogP contribution < -0.4 is 10.4 Å². The first-order chi connectivity index (χ1) is 14.0. The van der Waals surface area contributed by atoms with E-state index in [-0.39, 0.29) is 11.6 Å². The molecule has 3 heterocycles. The Morgan fingerprint density at radius 3 is 2.79 bits per heavy atom. The second-order valence-corrected chi connectivity index (χ2v) is 8.48. The largest absolute Gasteiger partial charge is 0.335 e. The van der Waals surface area contributed by atoms with Crippen LogP contribution in [0.1, 0.15) is 19.4 Å². The number of benzene rings is 2. The van der Waals surface area contributed by atoms with Crippen molar-refractivity contribution >= 4 is 31.4 Å². The van der Waals surface area contributed by atoms with Gasteiger partial charge in [-0.3, -0.25) is 9.98 Å².